The first-order valence-electron chi connectivity index (χ1n) is 3.52. The van der Waals surface area contributed by atoms with E-state index in [4.69, 9.17) is 0 Å². The van der Waals surface area contributed by atoms with Gasteiger partial charge in [0.25, 0.3) is 0 Å². The van der Waals surface area contributed by atoms with E-state index in [0.29, 0.717) is 4.90 Å². The molecule has 1 heterocycles. The Morgan fingerprint density at radius 3 is 3.09 bits per heavy atom. The SMILES string of the molecule is Fc1cc(S)c2c(c1)CCN2. The van der Waals surface area contributed by atoms with Crippen LogP contribution in [0.15, 0.2) is 17.0 Å². The molecule has 1 nitrogen and oxygen atoms in total. The van der Waals surface area contributed by atoms with Gasteiger partial charge in [0.15, 0.2) is 0 Å². The maximum atomic E-state index is 12.7. The topological polar surface area (TPSA) is 12.0 Å². The summed E-state index contributed by atoms with van der Waals surface area (Å²) in [5.74, 6) is -0.197. The van der Waals surface area contributed by atoms with E-state index in [1.54, 1.807) is 6.07 Å². The predicted octanol–water partition coefficient (Wildman–Crippen LogP) is 2.08. The molecular weight excluding hydrogens is 161 g/mol. The Labute approximate surface area is 70.0 Å². The van der Waals surface area contributed by atoms with Gasteiger partial charge in [-0.25, -0.2) is 4.39 Å². The highest BCUT2D eigenvalue weighted by Gasteiger charge is 2.13. The summed E-state index contributed by atoms with van der Waals surface area (Å²) >= 11 is 4.15. The van der Waals surface area contributed by atoms with Crippen LogP contribution in [0.25, 0.3) is 0 Å². The lowest BCUT2D eigenvalue weighted by atomic mass is 10.2. The quantitative estimate of drug-likeness (QED) is 0.567. The standard InChI is InChI=1S/C8H8FNS/c9-6-3-5-1-2-10-8(5)7(11)4-6/h3-4,10-11H,1-2H2. The number of anilines is 1. The number of benzene rings is 1. The summed E-state index contributed by atoms with van der Waals surface area (Å²) in [6.07, 6.45) is 0.903. The smallest absolute Gasteiger partial charge is 0.124 e. The molecule has 0 saturated heterocycles. The molecule has 3 heteroatoms. The number of nitrogens with one attached hydrogen (secondary N) is 1. The zero-order chi connectivity index (χ0) is 7.84. The fourth-order valence-electron chi connectivity index (χ4n) is 1.37. The molecule has 0 amide bonds. The van der Waals surface area contributed by atoms with Gasteiger partial charge in [-0.05, 0) is 24.1 Å². The fraction of sp³-hybridized carbons (Fsp3) is 0.250. The lowest BCUT2D eigenvalue weighted by molar-refractivity contribution is 0.623. The first-order chi connectivity index (χ1) is 5.27. The van der Waals surface area contributed by atoms with Gasteiger partial charge in [0, 0.05) is 11.4 Å². The van der Waals surface area contributed by atoms with Crippen molar-refractivity contribution in [2.24, 2.45) is 0 Å². The van der Waals surface area contributed by atoms with E-state index in [1.807, 2.05) is 0 Å². The van der Waals surface area contributed by atoms with Crippen molar-refractivity contribution in [2.45, 2.75) is 11.3 Å². The number of hydrogen-bond acceptors (Lipinski definition) is 2. The molecule has 11 heavy (non-hydrogen) atoms. The van der Waals surface area contributed by atoms with Crippen LogP contribution in [0.4, 0.5) is 10.1 Å². The summed E-state index contributed by atoms with van der Waals surface area (Å²) in [5.41, 5.74) is 2.03. The Balaban J connectivity index is 2.60. The van der Waals surface area contributed by atoms with E-state index in [0.717, 1.165) is 24.2 Å². The summed E-state index contributed by atoms with van der Waals surface area (Å²) in [6.45, 7) is 0.895. The fourth-order valence-corrected chi connectivity index (χ4v) is 1.72. The van der Waals surface area contributed by atoms with Gasteiger partial charge in [0.05, 0.1) is 5.69 Å². The van der Waals surface area contributed by atoms with E-state index in [1.165, 1.54) is 6.07 Å². The number of thiol groups is 1. The highest BCUT2D eigenvalue weighted by molar-refractivity contribution is 7.80. The van der Waals surface area contributed by atoms with E-state index < -0.39 is 0 Å². The number of hydrogen-bond donors (Lipinski definition) is 2. The second-order valence-electron chi connectivity index (χ2n) is 2.64. The Kier molecular flexibility index (Phi) is 1.53. The first kappa shape index (κ1) is 6.98. The molecule has 0 aliphatic carbocycles. The minimum atomic E-state index is -0.197. The minimum Gasteiger partial charge on any atom is -0.384 e. The third kappa shape index (κ3) is 1.09. The Bertz CT molecular complexity index is 298. The molecule has 0 spiro atoms. The molecule has 1 aromatic rings. The summed E-state index contributed by atoms with van der Waals surface area (Å²) < 4.78 is 12.7. The van der Waals surface area contributed by atoms with Crippen LogP contribution in [0.5, 0.6) is 0 Å². The van der Waals surface area contributed by atoms with Gasteiger partial charge in [-0.1, -0.05) is 0 Å². The average Bonchev–Trinajstić information content (AvgIpc) is 2.34. The zero-order valence-electron chi connectivity index (χ0n) is 5.89. The Morgan fingerprint density at radius 1 is 1.45 bits per heavy atom. The van der Waals surface area contributed by atoms with Crippen LogP contribution >= 0.6 is 12.6 Å². The molecule has 1 aliphatic rings. The molecule has 0 unspecified atom stereocenters. The zero-order valence-corrected chi connectivity index (χ0v) is 6.79. The van der Waals surface area contributed by atoms with Crippen molar-refractivity contribution in [1.82, 2.24) is 0 Å². The second kappa shape index (κ2) is 2.41. The highest BCUT2D eigenvalue weighted by atomic mass is 32.1. The van der Waals surface area contributed by atoms with Crippen LogP contribution < -0.4 is 5.32 Å². The van der Waals surface area contributed by atoms with Gasteiger partial charge in [-0.2, -0.15) is 0 Å². The van der Waals surface area contributed by atoms with Crippen molar-refractivity contribution in [2.75, 3.05) is 11.9 Å². The Morgan fingerprint density at radius 2 is 2.27 bits per heavy atom. The first-order valence-corrected chi connectivity index (χ1v) is 3.97. The summed E-state index contributed by atoms with van der Waals surface area (Å²) in [6, 6.07) is 3.00. The molecular formula is C8H8FNS. The Hall–Kier alpha value is -0.700. The largest absolute Gasteiger partial charge is 0.384 e. The van der Waals surface area contributed by atoms with Crippen molar-refractivity contribution in [3.63, 3.8) is 0 Å². The second-order valence-corrected chi connectivity index (χ2v) is 3.12. The third-order valence-electron chi connectivity index (χ3n) is 1.86. The van der Waals surface area contributed by atoms with Crippen LogP contribution in [0.3, 0.4) is 0 Å². The van der Waals surface area contributed by atoms with Crippen molar-refractivity contribution < 1.29 is 4.39 Å². The number of rotatable bonds is 0. The normalized spacial score (nSPS) is 14.4. The van der Waals surface area contributed by atoms with Crippen LogP contribution in [0.1, 0.15) is 5.56 Å². The van der Waals surface area contributed by atoms with E-state index in [9.17, 15) is 4.39 Å². The lowest BCUT2D eigenvalue weighted by Crippen LogP contribution is -1.91. The lowest BCUT2D eigenvalue weighted by Gasteiger charge is -2.02. The molecule has 0 fully saturated rings. The van der Waals surface area contributed by atoms with Crippen LogP contribution in [-0.4, -0.2) is 6.54 Å². The molecule has 1 aliphatic heterocycles. The van der Waals surface area contributed by atoms with E-state index in [2.05, 4.69) is 17.9 Å². The molecule has 0 aromatic heterocycles. The molecule has 58 valence electrons. The van der Waals surface area contributed by atoms with Gasteiger partial charge in [0.1, 0.15) is 5.82 Å². The van der Waals surface area contributed by atoms with Crippen molar-refractivity contribution in [1.29, 1.82) is 0 Å². The third-order valence-corrected chi connectivity index (χ3v) is 2.21. The van der Waals surface area contributed by atoms with Crippen molar-refractivity contribution in [3.8, 4) is 0 Å². The van der Waals surface area contributed by atoms with Crippen molar-refractivity contribution >= 4 is 18.3 Å². The molecule has 1 aromatic carbocycles. The molecule has 1 N–H and O–H groups in total. The summed E-state index contributed by atoms with van der Waals surface area (Å²) in [5, 5.41) is 3.15. The van der Waals surface area contributed by atoms with Gasteiger partial charge in [0.2, 0.25) is 0 Å². The van der Waals surface area contributed by atoms with Crippen LogP contribution in [0.2, 0.25) is 0 Å². The maximum Gasteiger partial charge on any atom is 0.124 e. The van der Waals surface area contributed by atoms with Crippen LogP contribution in [0, 0.1) is 5.82 Å². The van der Waals surface area contributed by atoms with Gasteiger partial charge in [-0.15, -0.1) is 12.6 Å². The maximum absolute atomic E-state index is 12.7. The molecule has 0 bridgehead atoms. The number of fused-ring (bicyclic) bond motifs is 1. The molecule has 0 saturated carbocycles. The molecule has 0 radical (unpaired) electrons. The minimum absolute atomic E-state index is 0.197. The molecule has 0 atom stereocenters. The van der Waals surface area contributed by atoms with Gasteiger partial charge in [-0.3, -0.25) is 0 Å². The number of halogens is 1. The average molecular weight is 169 g/mol. The summed E-state index contributed by atoms with van der Waals surface area (Å²) in [4.78, 5) is 0.706. The monoisotopic (exact) mass is 169 g/mol. The van der Waals surface area contributed by atoms with Gasteiger partial charge < -0.3 is 5.32 Å². The highest BCUT2D eigenvalue weighted by Crippen LogP contribution is 2.29. The molecule has 2 rings (SSSR count). The summed E-state index contributed by atoms with van der Waals surface area (Å²) in [7, 11) is 0. The van der Waals surface area contributed by atoms with E-state index in [-0.39, 0.29) is 5.82 Å². The van der Waals surface area contributed by atoms with Crippen LogP contribution in [-0.2, 0) is 6.42 Å². The van der Waals surface area contributed by atoms with Gasteiger partial charge >= 0.3 is 0 Å². The van der Waals surface area contributed by atoms with Crippen molar-refractivity contribution in [3.05, 3.63) is 23.5 Å². The predicted molar refractivity (Wildman–Crippen MR) is 45.8 cm³/mol. The van der Waals surface area contributed by atoms with E-state index >= 15 is 0 Å².